The number of para-hydroxylation sites is 1. The molecule has 3 aromatic rings. The summed E-state index contributed by atoms with van der Waals surface area (Å²) in [7, 11) is 1.41. The van der Waals surface area contributed by atoms with Crippen LogP contribution in [-0.2, 0) is 32.0 Å². The zero-order valence-electron chi connectivity index (χ0n) is 16.9. The highest BCUT2D eigenvalue weighted by molar-refractivity contribution is 7.18. The van der Waals surface area contributed by atoms with E-state index in [1.807, 2.05) is 42.6 Å². The third kappa shape index (κ3) is 5.05. The minimum absolute atomic E-state index is 0.148. The molecule has 0 radical (unpaired) electrons. The number of hydrogen-bond acceptors (Lipinski definition) is 6. The molecule has 1 aromatic heterocycles. The van der Waals surface area contributed by atoms with Gasteiger partial charge in [0.1, 0.15) is 4.70 Å². The van der Waals surface area contributed by atoms with E-state index in [2.05, 4.69) is 28.1 Å². The second-order valence-corrected chi connectivity index (χ2v) is 8.01. The fourth-order valence-electron chi connectivity index (χ4n) is 3.41. The number of fused-ring (bicyclic) bond motifs is 1. The summed E-state index contributed by atoms with van der Waals surface area (Å²) in [6, 6.07) is 16.2. The lowest BCUT2D eigenvalue weighted by Gasteiger charge is -2.06. The van der Waals surface area contributed by atoms with Crippen LogP contribution in [0.15, 0.2) is 54.7 Å². The molecular weight excluding hydrogens is 400 g/mol. The fourth-order valence-corrected chi connectivity index (χ4v) is 4.56. The number of nitrogens with one attached hydrogen (secondary N) is 1. The SMILES string of the molecule is COC(=O)Cc1ccc2c(c1)sc(/C=C/Nc1ccccc1)[n+]2CCC1OCCO1. The summed E-state index contributed by atoms with van der Waals surface area (Å²) in [6.45, 7) is 2.10. The van der Waals surface area contributed by atoms with Crippen LogP contribution in [0.2, 0.25) is 0 Å². The van der Waals surface area contributed by atoms with Crippen molar-refractivity contribution >= 4 is 39.3 Å². The molecule has 7 heteroatoms. The van der Waals surface area contributed by atoms with E-state index in [0.717, 1.165) is 39.4 Å². The highest BCUT2D eigenvalue weighted by Crippen LogP contribution is 2.24. The van der Waals surface area contributed by atoms with Crippen molar-refractivity contribution in [2.45, 2.75) is 25.7 Å². The minimum atomic E-state index is -0.235. The number of thiazole rings is 1. The maximum Gasteiger partial charge on any atom is 0.309 e. The molecule has 0 amide bonds. The Morgan fingerprint density at radius 1 is 1.23 bits per heavy atom. The predicted octanol–water partition coefficient (Wildman–Crippen LogP) is 3.75. The highest BCUT2D eigenvalue weighted by Gasteiger charge is 2.23. The number of carbonyl (C=O) groups is 1. The first-order valence-electron chi connectivity index (χ1n) is 9.96. The molecule has 0 saturated carbocycles. The van der Waals surface area contributed by atoms with Gasteiger partial charge >= 0.3 is 5.97 Å². The van der Waals surface area contributed by atoms with E-state index in [9.17, 15) is 4.79 Å². The van der Waals surface area contributed by atoms with Crippen LogP contribution in [0.5, 0.6) is 0 Å². The average molecular weight is 426 g/mol. The topological polar surface area (TPSA) is 60.7 Å². The van der Waals surface area contributed by atoms with E-state index >= 15 is 0 Å². The molecule has 1 N–H and O–H groups in total. The smallest absolute Gasteiger partial charge is 0.309 e. The summed E-state index contributed by atoms with van der Waals surface area (Å²) in [4.78, 5) is 11.6. The van der Waals surface area contributed by atoms with E-state index in [1.54, 1.807) is 11.3 Å². The molecule has 0 atom stereocenters. The highest BCUT2D eigenvalue weighted by atomic mass is 32.1. The van der Waals surface area contributed by atoms with Gasteiger partial charge in [0.15, 0.2) is 12.8 Å². The summed E-state index contributed by atoms with van der Waals surface area (Å²) in [5, 5.41) is 4.42. The number of esters is 1. The molecule has 0 spiro atoms. The quantitative estimate of drug-likeness (QED) is 0.440. The monoisotopic (exact) mass is 425 g/mol. The van der Waals surface area contributed by atoms with Crippen LogP contribution in [-0.4, -0.2) is 32.6 Å². The Morgan fingerprint density at radius 3 is 2.80 bits per heavy atom. The third-order valence-electron chi connectivity index (χ3n) is 4.90. The molecule has 4 rings (SSSR count). The van der Waals surface area contributed by atoms with E-state index in [1.165, 1.54) is 7.11 Å². The van der Waals surface area contributed by atoms with E-state index in [0.29, 0.717) is 13.2 Å². The van der Waals surface area contributed by atoms with Gasteiger partial charge in [0.05, 0.1) is 33.2 Å². The van der Waals surface area contributed by atoms with Crippen molar-refractivity contribution in [3.63, 3.8) is 0 Å². The van der Waals surface area contributed by atoms with Gasteiger partial charge in [0.25, 0.3) is 5.01 Å². The van der Waals surface area contributed by atoms with Crippen LogP contribution < -0.4 is 9.88 Å². The van der Waals surface area contributed by atoms with Crippen molar-refractivity contribution in [1.29, 1.82) is 0 Å². The zero-order valence-corrected chi connectivity index (χ0v) is 17.7. The Kier molecular flexibility index (Phi) is 6.74. The second-order valence-electron chi connectivity index (χ2n) is 6.95. The molecule has 1 aliphatic heterocycles. The van der Waals surface area contributed by atoms with Crippen LogP contribution >= 0.6 is 11.3 Å². The van der Waals surface area contributed by atoms with Gasteiger partial charge in [-0.2, -0.15) is 4.57 Å². The van der Waals surface area contributed by atoms with Crippen molar-refractivity contribution in [2.75, 3.05) is 25.6 Å². The standard InChI is InChI=1S/C23H24N2O4S/c1-27-22(26)16-17-7-8-19-20(15-17)30-21(9-11-24-18-5-3-2-4-6-18)25(19)12-10-23-28-13-14-29-23/h2-9,11,15,23H,10,12-14,16H2,1H3/p+1. The van der Waals surface area contributed by atoms with Crippen molar-refractivity contribution in [3.8, 4) is 0 Å². The Hall–Kier alpha value is -2.74. The number of aryl methyl sites for hydroxylation is 1. The molecular formula is C23H25N2O4S+. The van der Waals surface area contributed by atoms with E-state index in [4.69, 9.17) is 14.2 Å². The number of nitrogens with zero attached hydrogens (tertiary/aromatic N) is 1. The van der Waals surface area contributed by atoms with Crippen molar-refractivity contribution in [3.05, 3.63) is 65.3 Å². The molecule has 0 bridgehead atoms. The molecule has 30 heavy (non-hydrogen) atoms. The van der Waals surface area contributed by atoms with E-state index in [-0.39, 0.29) is 18.7 Å². The second kappa shape index (κ2) is 9.84. The van der Waals surface area contributed by atoms with Crippen molar-refractivity contribution < 1.29 is 23.6 Å². The zero-order chi connectivity index (χ0) is 20.8. The maximum atomic E-state index is 11.6. The van der Waals surface area contributed by atoms with Crippen LogP contribution in [0.25, 0.3) is 16.3 Å². The summed E-state index contributed by atoms with van der Waals surface area (Å²) in [5.41, 5.74) is 3.11. The van der Waals surface area contributed by atoms with Gasteiger partial charge in [-0.15, -0.1) is 0 Å². The van der Waals surface area contributed by atoms with Crippen LogP contribution in [0.4, 0.5) is 5.69 Å². The molecule has 0 aliphatic carbocycles. The van der Waals surface area contributed by atoms with Gasteiger partial charge in [-0.05, 0) is 23.8 Å². The van der Waals surface area contributed by atoms with Gasteiger partial charge < -0.3 is 19.5 Å². The Balaban J connectivity index is 1.59. The fraction of sp³-hybridized carbons (Fsp3) is 0.304. The summed E-state index contributed by atoms with van der Waals surface area (Å²) < 4.78 is 19.4. The molecule has 2 heterocycles. The summed E-state index contributed by atoms with van der Waals surface area (Å²) >= 11 is 1.69. The van der Waals surface area contributed by atoms with Gasteiger partial charge in [0, 0.05) is 24.0 Å². The van der Waals surface area contributed by atoms with Crippen molar-refractivity contribution in [1.82, 2.24) is 0 Å². The van der Waals surface area contributed by atoms with Crippen LogP contribution in [0.1, 0.15) is 17.0 Å². The van der Waals surface area contributed by atoms with Gasteiger partial charge in [-0.25, -0.2) is 0 Å². The first-order chi connectivity index (χ1) is 14.7. The van der Waals surface area contributed by atoms with Crippen LogP contribution in [0.3, 0.4) is 0 Å². The lowest BCUT2D eigenvalue weighted by Crippen LogP contribution is -2.37. The molecule has 1 aliphatic rings. The average Bonchev–Trinajstić information content (AvgIpc) is 3.40. The molecule has 6 nitrogen and oxygen atoms in total. The number of benzene rings is 2. The number of rotatable bonds is 8. The minimum Gasteiger partial charge on any atom is -0.469 e. The maximum absolute atomic E-state index is 11.6. The largest absolute Gasteiger partial charge is 0.469 e. The molecule has 1 fully saturated rings. The summed E-state index contributed by atoms with van der Waals surface area (Å²) in [5.74, 6) is -0.235. The van der Waals surface area contributed by atoms with Gasteiger partial charge in [0.2, 0.25) is 5.52 Å². The Bertz CT molecular complexity index is 1030. The molecule has 1 saturated heterocycles. The Morgan fingerprint density at radius 2 is 2.03 bits per heavy atom. The Labute approximate surface area is 179 Å². The normalized spacial score (nSPS) is 14.6. The number of ether oxygens (including phenoxy) is 3. The first kappa shape index (κ1) is 20.5. The predicted molar refractivity (Wildman–Crippen MR) is 117 cm³/mol. The number of aromatic nitrogens is 1. The number of methoxy groups -OCH3 is 1. The molecule has 156 valence electrons. The summed E-state index contributed by atoms with van der Waals surface area (Å²) in [6.07, 6.45) is 4.94. The van der Waals surface area contributed by atoms with Gasteiger partial charge in [-0.3, -0.25) is 4.79 Å². The number of hydrogen-bond donors (Lipinski definition) is 1. The first-order valence-corrected chi connectivity index (χ1v) is 10.8. The van der Waals surface area contributed by atoms with E-state index < -0.39 is 0 Å². The lowest BCUT2D eigenvalue weighted by molar-refractivity contribution is -0.670. The lowest BCUT2D eigenvalue weighted by atomic mass is 10.1. The number of anilines is 1. The third-order valence-corrected chi connectivity index (χ3v) is 6.01. The van der Waals surface area contributed by atoms with Crippen LogP contribution in [0, 0.1) is 0 Å². The van der Waals surface area contributed by atoms with Gasteiger partial charge in [-0.1, -0.05) is 35.6 Å². The molecule has 0 unspecified atom stereocenters. The van der Waals surface area contributed by atoms with Crippen molar-refractivity contribution in [2.24, 2.45) is 0 Å². The molecule has 2 aromatic carbocycles. The number of carbonyl (C=O) groups excluding carboxylic acids is 1.